The normalized spacial score (nSPS) is 11.6. The van der Waals surface area contributed by atoms with E-state index >= 15 is 0 Å². The van der Waals surface area contributed by atoms with Gasteiger partial charge in [0.1, 0.15) is 53.6 Å². The van der Waals surface area contributed by atoms with Crippen LogP contribution in [0.1, 0.15) is 11.4 Å². The molecule has 10 nitrogen and oxygen atoms in total. The van der Waals surface area contributed by atoms with Gasteiger partial charge in [0, 0.05) is 46.8 Å². The number of rotatable bonds is 3. The minimum atomic E-state index is -0.646. The number of nitrogens with zero attached hydrogens (tertiary/aromatic N) is 6. The number of benzene rings is 1. The molecule has 0 amide bonds. The van der Waals surface area contributed by atoms with Crippen molar-refractivity contribution in [1.82, 2.24) is 29.1 Å². The zero-order valence-corrected chi connectivity index (χ0v) is 37.2. The van der Waals surface area contributed by atoms with Crippen molar-refractivity contribution in [3.63, 3.8) is 0 Å². The van der Waals surface area contributed by atoms with E-state index in [1.165, 1.54) is 45.8 Å². The van der Waals surface area contributed by atoms with Gasteiger partial charge >= 0.3 is 49.4 Å². The third kappa shape index (κ3) is 8.71. The topological polar surface area (TPSA) is 114 Å². The maximum atomic E-state index is 14.1. The van der Waals surface area contributed by atoms with E-state index in [0.29, 0.717) is 59.5 Å². The summed E-state index contributed by atoms with van der Waals surface area (Å²) in [4.78, 5) is 42.4. The Labute approximate surface area is 365 Å². The van der Waals surface area contributed by atoms with Crippen LogP contribution in [0, 0.1) is 24.9 Å². The van der Waals surface area contributed by atoms with E-state index in [4.69, 9.17) is 21.1 Å². The van der Waals surface area contributed by atoms with Crippen LogP contribution in [-0.2, 0) is 22.7 Å². The van der Waals surface area contributed by atoms with Crippen molar-refractivity contribution in [2.75, 3.05) is 0 Å². The Bertz CT molecular complexity index is 2760. The molecule has 0 N–H and O–H groups in total. The second-order valence-corrected chi connectivity index (χ2v) is 24.7. The van der Waals surface area contributed by atoms with Gasteiger partial charge in [-0.2, -0.15) is 0 Å². The van der Waals surface area contributed by atoms with Crippen LogP contribution in [0.4, 0.5) is 13.2 Å². The van der Waals surface area contributed by atoms with Crippen LogP contribution in [0.2, 0.25) is 5.02 Å². The zero-order valence-electron chi connectivity index (χ0n) is 29.1. The number of fused-ring (bicyclic) bond motifs is 6. The van der Waals surface area contributed by atoms with E-state index in [-0.39, 0.29) is 48.0 Å². The van der Waals surface area contributed by atoms with Crippen molar-refractivity contribution < 1.29 is 32.1 Å². The zero-order chi connectivity index (χ0) is 39.5. The molecule has 0 aliphatic carbocycles. The minimum absolute atomic E-state index is 0. The number of pyridine rings is 6. The molecular weight excluding hydrogens is 1090 g/mol. The molecule has 2 aliphatic rings. The van der Waals surface area contributed by atoms with E-state index in [0.717, 1.165) is 18.0 Å². The molecule has 289 valence electrons. The third-order valence-electron chi connectivity index (χ3n) is 8.48. The molecule has 9 rings (SSSR count). The summed E-state index contributed by atoms with van der Waals surface area (Å²) < 4.78 is 56.1. The van der Waals surface area contributed by atoms with E-state index in [2.05, 4.69) is 75.8 Å². The predicted octanol–water partition coefficient (Wildman–Crippen LogP) is 10.1. The molecule has 1 aromatic carbocycles. The second kappa shape index (κ2) is 18.7. The summed E-state index contributed by atoms with van der Waals surface area (Å²) in [7, 11) is 0.628. The summed E-state index contributed by atoms with van der Waals surface area (Å²) in [5.41, 5.74) is 3.76. The Morgan fingerprint density at radius 2 is 1.19 bits per heavy atom. The molecule has 6 aromatic heterocycles. The first kappa shape index (κ1) is 42.5. The van der Waals surface area contributed by atoms with Crippen molar-refractivity contribution in [3.05, 3.63) is 170 Å². The molecule has 8 heterocycles. The van der Waals surface area contributed by atoms with E-state index < -0.39 is 23.0 Å². The molecule has 0 atom stereocenters. The average molecular weight is 1120 g/mol. The number of hydrogen-bond donors (Lipinski definition) is 0. The molecule has 2 aliphatic heterocycles. The summed E-state index contributed by atoms with van der Waals surface area (Å²) in [6.07, 6.45) is 8.20. The standard InChI is InChI=1S/C22H12ClF2N3O2.C16H9BrFN3O2.CH3.2HI.V/c23-20-14(3-1-4-17(20)25)15-8-16-18(11-30-19-5-2-6-27-21(16)19)28(22(15)29)13-7-12(24)9-26-10-13;17-12-5-11-13(8-23-14-2-1-3-20-15(11)14)21(16(12)22)10-4-9(18)6-19-7-10;;;;/h1-10H,11H2;1-7H,8H2;1H3;2*1H;/q;;-1;;;+2/p-2. The Morgan fingerprint density at radius 3 is 1.72 bits per heavy atom. The SMILES string of the molecule is O=c1c(-c2cccc(F)c2Cl)cc2c(n1-c1cncc(F)c1)COc1cccnc1-2.O=c1c(Br)cc2c(n1-c1cncc(F)c1)COc1cccnc1-2.[CH3-].[I][V][I]. The van der Waals surface area contributed by atoms with Gasteiger partial charge in [-0.15, -0.1) is 0 Å². The molecular formula is C39H24BrClF3I2N6O4V-. The molecule has 57 heavy (non-hydrogen) atoms. The van der Waals surface area contributed by atoms with Crippen molar-refractivity contribution in [1.29, 1.82) is 0 Å². The van der Waals surface area contributed by atoms with Crippen LogP contribution in [0.15, 0.2) is 118 Å². The van der Waals surface area contributed by atoms with Gasteiger partial charge in [0.25, 0.3) is 11.1 Å². The van der Waals surface area contributed by atoms with Gasteiger partial charge in [-0.05, 0) is 58.4 Å². The first-order valence-electron chi connectivity index (χ1n) is 16.1. The Hall–Kier alpha value is -4.08. The van der Waals surface area contributed by atoms with Crippen LogP contribution in [-0.4, -0.2) is 29.1 Å². The van der Waals surface area contributed by atoms with Gasteiger partial charge in [0.2, 0.25) is 0 Å². The quantitative estimate of drug-likeness (QED) is 0.127. The Morgan fingerprint density at radius 1 is 0.684 bits per heavy atom. The fourth-order valence-corrected chi connectivity index (χ4v) is 6.81. The first-order valence-corrected chi connectivity index (χ1v) is 26.3. The van der Waals surface area contributed by atoms with Crippen molar-refractivity contribution in [2.24, 2.45) is 0 Å². The number of aromatic nitrogens is 6. The molecule has 0 spiro atoms. The summed E-state index contributed by atoms with van der Waals surface area (Å²) in [5.74, 6) is -0.568. The van der Waals surface area contributed by atoms with Crippen LogP contribution in [0.3, 0.4) is 0 Å². The van der Waals surface area contributed by atoms with Gasteiger partial charge in [-0.25, -0.2) is 13.2 Å². The van der Waals surface area contributed by atoms with Crippen molar-refractivity contribution in [2.45, 2.75) is 13.2 Å². The van der Waals surface area contributed by atoms with E-state index in [1.807, 2.05) is 6.07 Å². The molecule has 0 saturated heterocycles. The molecule has 0 radical (unpaired) electrons. The molecule has 0 fully saturated rings. The fourth-order valence-electron chi connectivity index (χ4n) is 6.18. The van der Waals surface area contributed by atoms with Crippen molar-refractivity contribution >= 4 is 67.5 Å². The average Bonchev–Trinajstić information content (AvgIpc) is 3.20. The number of ether oxygens (including phenoxy) is 2. The summed E-state index contributed by atoms with van der Waals surface area (Å²) >= 11 is 14.2. The van der Waals surface area contributed by atoms with E-state index in [9.17, 15) is 22.8 Å². The van der Waals surface area contributed by atoms with Crippen molar-refractivity contribution in [3.8, 4) is 56.5 Å². The first-order chi connectivity index (χ1) is 27.1. The Balaban J connectivity index is 0.000000183. The molecule has 7 aromatic rings. The Kier molecular flexibility index (Phi) is 13.9. The second-order valence-electron chi connectivity index (χ2n) is 11.7. The maximum absolute atomic E-state index is 14.1. The van der Waals surface area contributed by atoms with Gasteiger partial charge < -0.3 is 16.9 Å². The summed E-state index contributed by atoms with van der Waals surface area (Å²) in [6, 6.07) is 17.1. The third-order valence-corrected chi connectivity index (χ3v) is 9.43. The van der Waals surface area contributed by atoms with Crippen LogP contribution < -0.4 is 20.6 Å². The van der Waals surface area contributed by atoms with Crippen LogP contribution >= 0.6 is 67.5 Å². The fraction of sp³-hybridized carbons (Fsp3) is 0.0513. The predicted molar refractivity (Wildman–Crippen MR) is 227 cm³/mol. The van der Waals surface area contributed by atoms with Crippen LogP contribution in [0.25, 0.3) is 45.0 Å². The van der Waals surface area contributed by atoms with Gasteiger partial charge in [0.05, 0.1) is 57.0 Å². The number of halogens is 7. The monoisotopic (exact) mass is 1120 g/mol. The summed E-state index contributed by atoms with van der Waals surface area (Å²) in [6.45, 7) is 0.254. The molecule has 18 heteroatoms. The van der Waals surface area contributed by atoms with E-state index in [1.54, 1.807) is 48.8 Å². The molecule has 0 bridgehead atoms. The number of hydrogen-bond acceptors (Lipinski definition) is 8. The van der Waals surface area contributed by atoms with Gasteiger partial charge in [0.15, 0.2) is 0 Å². The summed E-state index contributed by atoms with van der Waals surface area (Å²) in [5, 5.41) is -0.174. The van der Waals surface area contributed by atoms with Gasteiger partial charge in [-0.3, -0.25) is 38.7 Å². The molecule has 0 unspecified atom stereocenters. The van der Waals surface area contributed by atoms with Gasteiger partial charge in [-0.1, -0.05) is 23.7 Å². The molecule has 0 saturated carbocycles. The van der Waals surface area contributed by atoms with Crippen LogP contribution in [0.5, 0.6) is 11.5 Å².